The number of nitro groups is 1. The maximum atomic E-state index is 12.8. The number of aromatic nitrogens is 1. The van der Waals surface area contributed by atoms with Crippen LogP contribution in [0.15, 0.2) is 40.8 Å². The second-order valence-corrected chi connectivity index (χ2v) is 9.26. The first-order valence-electron chi connectivity index (χ1n) is 11.2. The van der Waals surface area contributed by atoms with E-state index >= 15 is 0 Å². The average molecular weight is 478 g/mol. The Bertz CT molecular complexity index is 1470. The monoisotopic (exact) mass is 477 g/mol. The van der Waals surface area contributed by atoms with Gasteiger partial charge in [-0.15, -0.1) is 0 Å². The van der Waals surface area contributed by atoms with Gasteiger partial charge in [-0.05, 0) is 50.8 Å². The molecule has 1 N–H and O–H groups in total. The zero-order chi connectivity index (χ0) is 23.8. The Morgan fingerprint density at radius 2 is 2.12 bits per heavy atom. The summed E-state index contributed by atoms with van der Waals surface area (Å²) in [5, 5.41) is 15.2. The molecule has 2 heterocycles. The molecule has 9 heteroatoms. The van der Waals surface area contributed by atoms with Crippen molar-refractivity contribution in [2.75, 3.05) is 11.9 Å². The van der Waals surface area contributed by atoms with Crippen LogP contribution in [0.3, 0.4) is 0 Å². The number of nitrogens with one attached hydrogen (secondary N) is 1. The van der Waals surface area contributed by atoms with E-state index in [1.165, 1.54) is 35.1 Å². The van der Waals surface area contributed by atoms with Crippen molar-refractivity contribution >= 4 is 54.8 Å². The minimum atomic E-state index is -0.451. The fourth-order valence-corrected chi connectivity index (χ4v) is 5.27. The van der Waals surface area contributed by atoms with Crippen molar-refractivity contribution < 1.29 is 18.9 Å². The van der Waals surface area contributed by atoms with Gasteiger partial charge in [-0.3, -0.25) is 20.2 Å². The van der Waals surface area contributed by atoms with Crippen LogP contribution in [0.25, 0.3) is 26.8 Å². The normalized spacial score (nSPS) is 13.8. The topological polar surface area (TPSA) is 108 Å². The zero-order valence-corrected chi connectivity index (χ0v) is 19.7. The second-order valence-electron chi connectivity index (χ2n) is 8.23. The van der Waals surface area contributed by atoms with E-state index in [1.807, 2.05) is 19.9 Å². The standard InChI is InChI=1S/C25H23N3O5S/c1-3-32-21-13-22-18(16-6-4-5-7-20(16)33-22)12-17(21)14(2)10-24(29)27-25-26-19-9-8-15(28(30)31)11-23(19)34-25/h8-13H,3-7H2,1-2H3,(H,26,27,29)/b14-10+. The highest BCUT2D eigenvalue weighted by Gasteiger charge is 2.21. The molecule has 1 aliphatic carbocycles. The van der Waals surface area contributed by atoms with E-state index in [9.17, 15) is 14.9 Å². The van der Waals surface area contributed by atoms with Gasteiger partial charge in [0.05, 0.1) is 21.7 Å². The highest BCUT2D eigenvalue weighted by Crippen LogP contribution is 2.38. The highest BCUT2D eigenvalue weighted by molar-refractivity contribution is 7.22. The van der Waals surface area contributed by atoms with Gasteiger partial charge >= 0.3 is 0 Å². The highest BCUT2D eigenvalue weighted by atomic mass is 32.1. The van der Waals surface area contributed by atoms with Crippen LogP contribution in [0.4, 0.5) is 10.8 Å². The van der Waals surface area contributed by atoms with Crippen molar-refractivity contribution in [3.05, 3.63) is 63.4 Å². The lowest BCUT2D eigenvalue weighted by Gasteiger charge is -2.12. The van der Waals surface area contributed by atoms with E-state index in [-0.39, 0.29) is 11.6 Å². The number of hydrogen-bond donors (Lipinski definition) is 1. The number of furan rings is 1. The molecule has 0 unspecified atom stereocenters. The number of nitrogens with zero attached hydrogens (tertiary/aromatic N) is 2. The first kappa shape index (κ1) is 22.1. The van der Waals surface area contributed by atoms with Crippen LogP contribution in [0.1, 0.15) is 43.6 Å². The van der Waals surface area contributed by atoms with Crippen LogP contribution in [0.5, 0.6) is 5.75 Å². The van der Waals surface area contributed by atoms with Crippen molar-refractivity contribution in [2.45, 2.75) is 39.5 Å². The van der Waals surface area contributed by atoms with Gasteiger partial charge in [0.25, 0.3) is 5.69 Å². The predicted molar refractivity (Wildman–Crippen MR) is 133 cm³/mol. The molecule has 5 rings (SSSR count). The number of aryl methyl sites for hydroxylation is 2. The van der Waals surface area contributed by atoms with E-state index in [0.717, 1.165) is 53.5 Å². The molecule has 0 radical (unpaired) electrons. The Labute approximate surface area is 199 Å². The van der Waals surface area contributed by atoms with Crippen molar-refractivity contribution in [3.63, 3.8) is 0 Å². The predicted octanol–water partition coefficient (Wildman–Crippen LogP) is 6.27. The summed E-state index contributed by atoms with van der Waals surface area (Å²) in [7, 11) is 0. The summed E-state index contributed by atoms with van der Waals surface area (Å²) in [6.07, 6.45) is 5.74. The zero-order valence-electron chi connectivity index (χ0n) is 18.8. The lowest BCUT2D eigenvalue weighted by atomic mass is 9.94. The number of ether oxygens (including phenoxy) is 1. The number of amides is 1. The number of thiazole rings is 1. The number of benzene rings is 2. The van der Waals surface area contributed by atoms with Crippen molar-refractivity contribution in [3.8, 4) is 5.75 Å². The third-order valence-corrected chi connectivity index (χ3v) is 6.88. The summed E-state index contributed by atoms with van der Waals surface area (Å²) in [4.78, 5) is 27.7. The molecule has 8 nitrogen and oxygen atoms in total. The maximum Gasteiger partial charge on any atom is 0.270 e. The van der Waals surface area contributed by atoms with Gasteiger partial charge in [0.1, 0.15) is 17.1 Å². The number of carbonyl (C=O) groups is 1. The smallest absolute Gasteiger partial charge is 0.270 e. The lowest BCUT2D eigenvalue weighted by Crippen LogP contribution is -2.08. The number of carbonyl (C=O) groups excluding carboxylic acids is 1. The molecule has 0 bridgehead atoms. The first-order valence-corrected chi connectivity index (χ1v) is 12.0. The number of hydrogen-bond acceptors (Lipinski definition) is 7. The second kappa shape index (κ2) is 8.90. The number of anilines is 1. The van der Waals surface area contributed by atoms with Crippen molar-refractivity contribution in [2.24, 2.45) is 0 Å². The molecule has 1 aliphatic rings. The minimum Gasteiger partial charge on any atom is -0.493 e. The van der Waals surface area contributed by atoms with Gasteiger partial charge in [-0.1, -0.05) is 11.3 Å². The Morgan fingerprint density at radius 1 is 1.29 bits per heavy atom. The molecule has 2 aromatic heterocycles. The van der Waals surface area contributed by atoms with Gasteiger partial charge in [-0.2, -0.15) is 0 Å². The van der Waals surface area contributed by atoms with Crippen LogP contribution < -0.4 is 10.1 Å². The number of allylic oxidation sites excluding steroid dienone is 1. The summed E-state index contributed by atoms with van der Waals surface area (Å²) < 4.78 is 12.6. The lowest BCUT2D eigenvalue weighted by molar-refractivity contribution is -0.384. The molecule has 34 heavy (non-hydrogen) atoms. The Balaban J connectivity index is 1.44. The van der Waals surface area contributed by atoms with Gasteiger partial charge in [0.15, 0.2) is 5.13 Å². The molecular weight excluding hydrogens is 454 g/mol. The van der Waals surface area contributed by atoms with E-state index in [0.29, 0.717) is 27.7 Å². The minimum absolute atomic E-state index is 0.00922. The number of rotatable bonds is 6. The van der Waals surface area contributed by atoms with Crippen LogP contribution in [-0.2, 0) is 17.6 Å². The molecule has 1 amide bonds. The Morgan fingerprint density at radius 3 is 2.91 bits per heavy atom. The fourth-order valence-electron chi connectivity index (χ4n) is 4.37. The van der Waals surface area contributed by atoms with Crippen LogP contribution in [0.2, 0.25) is 0 Å². The largest absolute Gasteiger partial charge is 0.493 e. The third kappa shape index (κ3) is 4.14. The Kier molecular flexibility index (Phi) is 5.79. The number of non-ortho nitro benzene ring substituents is 1. The first-order chi connectivity index (χ1) is 16.4. The summed E-state index contributed by atoms with van der Waals surface area (Å²) in [5.74, 6) is 1.40. The Hall–Kier alpha value is -3.72. The number of nitro benzene ring substituents is 1. The quantitative estimate of drug-likeness (QED) is 0.199. The van der Waals surface area contributed by atoms with E-state index < -0.39 is 4.92 Å². The summed E-state index contributed by atoms with van der Waals surface area (Å²) >= 11 is 1.20. The molecule has 0 spiro atoms. The molecule has 0 aliphatic heterocycles. The van der Waals surface area contributed by atoms with Crippen molar-refractivity contribution in [1.82, 2.24) is 4.98 Å². The summed E-state index contributed by atoms with van der Waals surface area (Å²) in [5.41, 5.74) is 4.26. The van der Waals surface area contributed by atoms with Gasteiger partial charge in [-0.25, -0.2) is 4.98 Å². The molecule has 0 atom stereocenters. The molecule has 0 saturated carbocycles. The van der Waals surface area contributed by atoms with E-state index in [4.69, 9.17) is 9.15 Å². The van der Waals surface area contributed by atoms with Crippen molar-refractivity contribution in [1.29, 1.82) is 0 Å². The van der Waals surface area contributed by atoms with Crippen LogP contribution in [0, 0.1) is 10.1 Å². The van der Waals surface area contributed by atoms with E-state index in [1.54, 1.807) is 6.07 Å². The molecule has 0 saturated heterocycles. The van der Waals surface area contributed by atoms with Gasteiger partial charge in [0.2, 0.25) is 5.91 Å². The fraction of sp³-hybridized carbons (Fsp3) is 0.280. The molecule has 174 valence electrons. The van der Waals surface area contributed by atoms with E-state index in [2.05, 4.69) is 16.4 Å². The average Bonchev–Trinajstić information content (AvgIpc) is 3.37. The third-order valence-electron chi connectivity index (χ3n) is 5.94. The number of fused-ring (bicyclic) bond motifs is 4. The summed E-state index contributed by atoms with van der Waals surface area (Å²) in [6, 6.07) is 8.42. The van der Waals surface area contributed by atoms with Gasteiger partial charge in [0, 0.05) is 47.2 Å². The van der Waals surface area contributed by atoms with Crippen LogP contribution >= 0.6 is 11.3 Å². The molecule has 4 aromatic rings. The molecule has 2 aromatic carbocycles. The maximum absolute atomic E-state index is 12.8. The molecule has 0 fully saturated rings. The SMILES string of the molecule is CCOc1cc2oc3c(c2cc1/C(C)=C/C(=O)Nc1nc2ccc([N+](=O)[O-])cc2s1)CCCC3. The van der Waals surface area contributed by atoms with Gasteiger partial charge < -0.3 is 9.15 Å². The summed E-state index contributed by atoms with van der Waals surface area (Å²) in [6.45, 7) is 4.29. The van der Waals surface area contributed by atoms with Crippen LogP contribution in [-0.4, -0.2) is 22.4 Å². The molecular formula is C25H23N3O5S.